The van der Waals surface area contributed by atoms with Crippen LogP contribution < -0.4 is 10.9 Å². The van der Waals surface area contributed by atoms with Crippen LogP contribution in [-0.4, -0.2) is 63.5 Å². The summed E-state index contributed by atoms with van der Waals surface area (Å²) in [5, 5.41) is 14.2. The van der Waals surface area contributed by atoms with Gasteiger partial charge in [0.15, 0.2) is 11.5 Å². The number of nitrogens with one attached hydrogen (secondary N) is 1. The zero-order valence-electron chi connectivity index (χ0n) is 23.5. The molecule has 0 radical (unpaired) electrons. The van der Waals surface area contributed by atoms with Crippen LogP contribution >= 0.6 is 0 Å². The number of rotatable bonds is 9. The second kappa shape index (κ2) is 10.9. The fourth-order valence-electron chi connectivity index (χ4n) is 5.37. The summed E-state index contributed by atoms with van der Waals surface area (Å²) in [7, 11) is 0. The molecule has 4 aromatic heterocycles. The molecular formula is C30H35N9O2. The molecule has 212 valence electrons. The first-order valence-electron chi connectivity index (χ1n) is 14.1. The molecule has 0 amide bonds. The van der Waals surface area contributed by atoms with E-state index in [4.69, 9.17) is 4.98 Å². The van der Waals surface area contributed by atoms with Crippen LogP contribution in [0.15, 0.2) is 66.4 Å². The third-order valence-corrected chi connectivity index (χ3v) is 7.54. The van der Waals surface area contributed by atoms with Gasteiger partial charge in [0.2, 0.25) is 5.95 Å². The van der Waals surface area contributed by atoms with Crippen LogP contribution in [0.5, 0.6) is 0 Å². The topological polar surface area (TPSA) is 119 Å². The molecule has 5 aromatic rings. The lowest BCUT2D eigenvalue weighted by Gasteiger charge is -2.26. The minimum absolute atomic E-state index is 0.251. The van der Waals surface area contributed by atoms with Crippen molar-refractivity contribution >= 4 is 33.7 Å². The van der Waals surface area contributed by atoms with Crippen molar-refractivity contribution in [2.45, 2.75) is 51.8 Å². The largest absolute Gasteiger partial charge is 0.384 e. The second-order valence-electron chi connectivity index (χ2n) is 11.0. The Morgan fingerprint density at radius 2 is 1.90 bits per heavy atom. The smallest absolute Gasteiger partial charge is 0.278 e. The van der Waals surface area contributed by atoms with Crippen LogP contribution in [-0.2, 0) is 18.7 Å². The fraction of sp³-hybridized carbons (Fsp3) is 0.367. The number of piperidine rings is 1. The van der Waals surface area contributed by atoms with Gasteiger partial charge in [0.05, 0.1) is 29.6 Å². The van der Waals surface area contributed by atoms with Gasteiger partial charge in [-0.15, -0.1) is 6.58 Å². The number of imidazole rings is 1. The highest BCUT2D eigenvalue weighted by molar-refractivity contribution is 5.81. The van der Waals surface area contributed by atoms with E-state index < -0.39 is 5.60 Å². The number of aliphatic hydroxyl groups is 1. The maximum absolute atomic E-state index is 13.3. The summed E-state index contributed by atoms with van der Waals surface area (Å²) in [5.41, 5.74) is 2.23. The van der Waals surface area contributed by atoms with Gasteiger partial charge in [0.1, 0.15) is 11.0 Å². The molecule has 0 atom stereocenters. The lowest BCUT2D eigenvalue weighted by Crippen LogP contribution is -2.32. The maximum atomic E-state index is 13.3. The molecule has 11 heteroatoms. The van der Waals surface area contributed by atoms with Gasteiger partial charge in [-0.25, -0.2) is 24.3 Å². The van der Waals surface area contributed by atoms with Gasteiger partial charge >= 0.3 is 0 Å². The average molecular weight is 554 g/mol. The molecule has 1 aromatic carbocycles. The van der Waals surface area contributed by atoms with E-state index in [9.17, 15) is 9.90 Å². The number of benzene rings is 1. The molecule has 0 saturated carbocycles. The fourth-order valence-corrected chi connectivity index (χ4v) is 5.37. The average Bonchev–Trinajstić information content (AvgIpc) is 3.50. The molecule has 1 aliphatic heterocycles. The highest BCUT2D eigenvalue weighted by Crippen LogP contribution is 2.24. The van der Waals surface area contributed by atoms with Gasteiger partial charge in [-0.2, -0.15) is 4.98 Å². The molecule has 6 rings (SSSR count). The molecule has 0 unspecified atom stereocenters. The van der Waals surface area contributed by atoms with E-state index in [0.29, 0.717) is 28.5 Å². The van der Waals surface area contributed by atoms with Crippen LogP contribution in [0.4, 0.5) is 11.6 Å². The molecule has 41 heavy (non-hydrogen) atoms. The Labute approximate surface area is 237 Å². The lowest BCUT2D eigenvalue weighted by atomic mass is 10.1. The number of nitrogens with zero attached hydrogens (tertiary/aromatic N) is 8. The Hall–Kier alpha value is -4.35. The summed E-state index contributed by atoms with van der Waals surface area (Å²) in [6.45, 7) is 11.7. The first kappa shape index (κ1) is 26.9. The van der Waals surface area contributed by atoms with Crippen molar-refractivity contribution < 1.29 is 5.11 Å². The van der Waals surface area contributed by atoms with Crippen molar-refractivity contribution in [3.8, 4) is 5.82 Å². The van der Waals surface area contributed by atoms with Crippen LogP contribution in [0.1, 0.15) is 38.8 Å². The van der Waals surface area contributed by atoms with Crippen molar-refractivity contribution in [1.82, 2.24) is 38.8 Å². The van der Waals surface area contributed by atoms with E-state index in [0.717, 1.165) is 29.8 Å². The number of allylic oxidation sites excluding steroid dienone is 1. The Morgan fingerprint density at radius 1 is 1.07 bits per heavy atom. The predicted octanol–water partition coefficient (Wildman–Crippen LogP) is 3.97. The van der Waals surface area contributed by atoms with Gasteiger partial charge in [0, 0.05) is 25.0 Å². The van der Waals surface area contributed by atoms with Crippen molar-refractivity contribution in [3.63, 3.8) is 0 Å². The molecule has 1 saturated heterocycles. The number of anilines is 2. The van der Waals surface area contributed by atoms with Crippen LogP contribution in [0.3, 0.4) is 0 Å². The SMILES string of the molecule is C=CCn1c(=O)c2cnc(Nc3ccc4c(c3)ncn4CCN3CCCCC3)nc2n1-c1cccc(C(C)(C)O)n1. The monoisotopic (exact) mass is 553 g/mol. The number of aromatic nitrogens is 7. The number of pyridine rings is 1. The van der Waals surface area contributed by atoms with E-state index in [1.807, 2.05) is 18.5 Å². The van der Waals surface area contributed by atoms with E-state index in [1.54, 1.807) is 42.8 Å². The molecule has 5 heterocycles. The standard InChI is InChI=1S/C30H35N9O2/c1-4-13-38-28(40)22-19-31-29(35-27(22)39(38)26-10-8-9-25(34-26)30(2,3)41)33-21-11-12-24-23(18-21)32-20-37(24)17-16-36-14-6-5-7-15-36/h4,8-12,18-20,41H,1,5-7,13-17H2,2-3H3,(H,31,33,35). The van der Waals surface area contributed by atoms with E-state index >= 15 is 0 Å². The number of hydrogen-bond donors (Lipinski definition) is 2. The quantitative estimate of drug-likeness (QED) is 0.263. The van der Waals surface area contributed by atoms with Crippen molar-refractivity contribution in [2.75, 3.05) is 25.0 Å². The molecule has 0 bridgehead atoms. The van der Waals surface area contributed by atoms with E-state index in [1.165, 1.54) is 43.2 Å². The lowest BCUT2D eigenvalue weighted by molar-refractivity contribution is 0.0738. The Bertz CT molecular complexity index is 1770. The van der Waals surface area contributed by atoms with Crippen LogP contribution in [0.2, 0.25) is 0 Å². The molecule has 11 nitrogen and oxygen atoms in total. The normalized spacial score (nSPS) is 14.6. The second-order valence-corrected chi connectivity index (χ2v) is 11.0. The summed E-state index contributed by atoms with van der Waals surface area (Å²) in [6, 6.07) is 11.3. The zero-order valence-corrected chi connectivity index (χ0v) is 23.5. The Kier molecular flexibility index (Phi) is 7.14. The zero-order chi connectivity index (χ0) is 28.6. The van der Waals surface area contributed by atoms with Gasteiger partial charge in [-0.1, -0.05) is 18.6 Å². The van der Waals surface area contributed by atoms with Crippen molar-refractivity contribution in [1.29, 1.82) is 0 Å². The molecular weight excluding hydrogens is 518 g/mol. The molecule has 2 N–H and O–H groups in total. The minimum Gasteiger partial charge on any atom is -0.384 e. The van der Waals surface area contributed by atoms with Crippen molar-refractivity contribution in [3.05, 3.63) is 77.6 Å². The Balaban J connectivity index is 1.31. The third kappa shape index (κ3) is 5.38. The summed E-state index contributed by atoms with van der Waals surface area (Å²) >= 11 is 0. The number of fused-ring (bicyclic) bond motifs is 2. The molecule has 1 aliphatic rings. The summed E-state index contributed by atoms with van der Waals surface area (Å²) in [5.74, 6) is 0.796. The van der Waals surface area contributed by atoms with Gasteiger partial charge in [-0.05, 0) is 70.1 Å². The third-order valence-electron chi connectivity index (χ3n) is 7.54. The van der Waals surface area contributed by atoms with Gasteiger partial charge < -0.3 is 19.9 Å². The maximum Gasteiger partial charge on any atom is 0.278 e. The molecule has 0 aliphatic carbocycles. The Morgan fingerprint density at radius 3 is 2.68 bits per heavy atom. The first-order valence-corrected chi connectivity index (χ1v) is 14.1. The minimum atomic E-state index is -1.15. The van der Waals surface area contributed by atoms with Crippen LogP contribution in [0, 0.1) is 0 Å². The van der Waals surface area contributed by atoms with Crippen molar-refractivity contribution in [2.24, 2.45) is 0 Å². The number of hydrogen-bond acceptors (Lipinski definition) is 8. The number of likely N-dealkylation sites (tertiary alicyclic amines) is 1. The first-order chi connectivity index (χ1) is 19.8. The predicted molar refractivity (Wildman–Crippen MR) is 160 cm³/mol. The molecule has 1 fully saturated rings. The summed E-state index contributed by atoms with van der Waals surface area (Å²) in [4.78, 5) is 34.2. The van der Waals surface area contributed by atoms with Gasteiger partial charge in [-0.3, -0.25) is 4.79 Å². The van der Waals surface area contributed by atoms with Gasteiger partial charge in [0.25, 0.3) is 5.56 Å². The summed E-state index contributed by atoms with van der Waals surface area (Å²) < 4.78 is 5.36. The van der Waals surface area contributed by atoms with E-state index in [-0.39, 0.29) is 12.1 Å². The summed E-state index contributed by atoms with van der Waals surface area (Å²) in [6.07, 6.45) is 8.97. The van der Waals surface area contributed by atoms with E-state index in [2.05, 4.69) is 42.4 Å². The molecule has 0 spiro atoms. The van der Waals surface area contributed by atoms with Crippen LogP contribution in [0.25, 0.3) is 27.9 Å². The highest BCUT2D eigenvalue weighted by Gasteiger charge is 2.22. The highest BCUT2D eigenvalue weighted by atomic mass is 16.3.